The lowest BCUT2D eigenvalue weighted by Crippen LogP contribution is -2.43. The van der Waals surface area contributed by atoms with Crippen LogP contribution in [0.5, 0.6) is 0 Å². The first-order valence-electron chi connectivity index (χ1n) is 9.37. The fraction of sp³-hybridized carbons (Fsp3) is 0.273. The normalized spacial score (nSPS) is 14.5. The van der Waals surface area contributed by atoms with Crippen molar-refractivity contribution in [1.29, 1.82) is 0 Å². The molecule has 28 heavy (non-hydrogen) atoms. The Hall–Kier alpha value is -2.88. The number of hydrogen-bond acceptors (Lipinski definition) is 5. The molecule has 2 aromatic carbocycles. The highest BCUT2D eigenvalue weighted by Crippen LogP contribution is 2.25. The molecule has 0 bridgehead atoms. The molecule has 142 valence electrons. The van der Waals surface area contributed by atoms with Crippen LogP contribution in [0.4, 0.5) is 5.13 Å². The summed E-state index contributed by atoms with van der Waals surface area (Å²) in [7, 11) is 0. The van der Waals surface area contributed by atoms with Crippen LogP contribution in [0.3, 0.4) is 0 Å². The minimum atomic E-state index is -0.127. The molecule has 6 heteroatoms. The summed E-state index contributed by atoms with van der Waals surface area (Å²) in [6.45, 7) is 6.74. The monoisotopic (exact) mass is 390 g/mol. The van der Waals surface area contributed by atoms with Crippen LogP contribution in [-0.4, -0.2) is 46.9 Å². The third-order valence-corrected chi connectivity index (χ3v) is 5.73. The Bertz CT molecular complexity index is 991. The highest BCUT2D eigenvalue weighted by atomic mass is 32.1. The fourth-order valence-corrected chi connectivity index (χ4v) is 4.15. The van der Waals surface area contributed by atoms with Crippen molar-refractivity contribution in [3.8, 4) is 12.0 Å². The molecule has 4 rings (SSSR count). The van der Waals surface area contributed by atoms with Crippen molar-refractivity contribution in [2.24, 2.45) is 0 Å². The van der Waals surface area contributed by atoms with Crippen molar-refractivity contribution >= 4 is 32.6 Å². The van der Waals surface area contributed by atoms with Gasteiger partial charge in [-0.25, -0.2) is 4.98 Å². The first kappa shape index (κ1) is 18.5. The molecular formula is C22H22N4OS. The average molecular weight is 391 g/mol. The van der Waals surface area contributed by atoms with Crippen LogP contribution >= 0.6 is 11.3 Å². The van der Waals surface area contributed by atoms with Crippen molar-refractivity contribution in [2.75, 3.05) is 31.5 Å². The number of benzene rings is 2. The minimum absolute atomic E-state index is 0.127. The zero-order chi connectivity index (χ0) is 19.3. The summed E-state index contributed by atoms with van der Waals surface area (Å²) in [6.07, 6.45) is 0. The number of nitrogens with one attached hydrogen (secondary N) is 1. The molecule has 0 atom stereocenters. The standard InChI is InChI=1S/C22H22N4OS/c1-2-11-25-12-14-26(15-13-25)16-17-7-9-18(10-8-17)21(27)24-22-23-19-5-3-4-6-20(19)28-22/h3-10H,12-16H2,1H3,(H,23,24,27). The molecule has 1 N–H and O–H groups in total. The third kappa shape index (κ3) is 4.33. The number of amides is 1. The molecule has 2 heterocycles. The number of carbonyl (C=O) groups is 1. The van der Waals surface area contributed by atoms with Gasteiger partial charge in [0.05, 0.1) is 10.2 Å². The summed E-state index contributed by atoms with van der Waals surface area (Å²) in [5, 5.41) is 3.53. The number of carbonyl (C=O) groups excluding carboxylic acids is 1. The summed E-state index contributed by atoms with van der Waals surface area (Å²) in [5.41, 5.74) is 2.76. The molecule has 0 saturated carbocycles. The van der Waals surface area contributed by atoms with Crippen LogP contribution in [0.25, 0.3) is 10.2 Å². The zero-order valence-electron chi connectivity index (χ0n) is 15.8. The molecular weight excluding hydrogens is 368 g/mol. The van der Waals surface area contributed by atoms with E-state index in [2.05, 4.69) is 32.1 Å². The Kier molecular flexibility index (Phi) is 5.56. The molecule has 1 aliphatic rings. The van der Waals surface area contributed by atoms with E-state index < -0.39 is 0 Å². The van der Waals surface area contributed by atoms with Gasteiger partial charge in [0, 0.05) is 44.3 Å². The fourth-order valence-electron chi connectivity index (χ4n) is 3.29. The Balaban J connectivity index is 1.34. The Morgan fingerprint density at radius 3 is 2.57 bits per heavy atom. The van der Waals surface area contributed by atoms with Gasteiger partial charge in [0.2, 0.25) is 0 Å². The van der Waals surface area contributed by atoms with Gasteiger partial charge in [-0.2, -0.15) is 0 Å². The van der Waals surface area contributed by atoms with Crippen molar-refractivity contribution in [3.05, 3.63) is 59.7 Å². The van der Waals surface area contributed by atoms with E-state index in [1.54, 1.807) is 0 Å². The second-order valence-electron chi connectivity index (χ2n) is 6.76. The summed E-state index contributed by atoms with van der Waals surface area (Å²) in [4.78, 5) is 21.6. The molecule has 1 saturated heterocycles. The summed E-state index contributed by atoms with van der Waals surface area (Å²) >= 11 is 1.49. The highest BCUT2D eigenvalue weighted by molar-refractivity contribution is 7.22. The van der Waals surface area contributed by atoms with Crippen molar-refractivity contribution in [1.82, 2.24) is 14.8 Å². The number of thiazole rings is 1. The van der Waals surface area contributed by atoms with Gasteiger partial charge in [0.25, 0.3) is 5.91 Å². The lowest BCUT2D eigenvalue weighted by molar-refractivity contribution is 0.102. The molecule has 3 aromatic rings. The number of rotatable bonds is 4. The molecule has 1 aliphatic heterocycles. The SMILES string of the molecule is CC#CN1CCN(Cc2ccc(C(=O)Nc3nc4ccccc4s3)cc2)CC1. The van der Waals surface area contributed by atoms with E-state index in [0.717, 1.165) is 42.9 Å². The Morgan fingerprint density at radius 1 is 1.11 bits per heavy atom. The van der Waals surface area contributed by atoms with Crippen molar-refractivity contribution < 1.29 is 4.79 Å². The van der Waals surface area contributed by atoms with Gasteiger partial charge in [-0.3, -0.25) is 15.0 Å². The van der Waals surface area contributed by atoms with Crippen LogP contribution < -0.4 is 5.32 Å². The second kappa shape index (κ2) is 8.42. The molecule has 0 unspecified atom stereocenters. The van der Waals surface area contributed by atoms with Crippen molar-refractivity contribution in [2.45, 2.75) is 13.5 Å². The van der Waals surface area contributed by atoms with Crippen LogP contribution in [0.15, 0.2) is 48.5 Å². The summed E-state index contributed by atoms with van der Waals surface area (Å²) in [5.74, 6) is 2.83. The van der Waals surface area contributed by atoms with E-state index in [0.29, 0.717) is 10.7 Å². The number of para-hydroxylation sites is 1. The molecule has 0 spiro atoms. The first-order valence-corrected chi connectivity index (χ1v) is 10.2. The quantitative estimate of drug-likeness (QED) is 0.691. The van der Waals surface area contributed by atoms with Crippen molar-refractivity contribution in [3.63, 3.8) is 0 Å². The molecule has 1 aromatic heterocycles. The maximum atomic E-state index is 12.5. The van der Waals surface area contributed by atoms with E-state index in [9.17, 15) is 4.79 Å². The Labute approximate surface area is 169 Å². The number of fused-ring (bicyclic) bond motifs is 1. The van der Waals surface area contributed by atoms with Crippen LogP contribution in [-0.2, 0) is 6.54 Å². The second-order valence-corrected chi connectivity index (χ2v) is 7.79. The lowest BCUT2D eigenvalue weighted by Gasteiger charge is -2.32. The molecule has 0 aliphatic carbocycles. The van der Waals surface area contributed by atoms with Gasteiger partial charge >= 0.3 is 0 Å². The minimum Gasteiger partial charge on any atom is -0.330 e. The van der Waals surface area contributed by atoms with E-state index in [1.165, 1.54) is 16.9 Å². The largest absolute Gasteiger partial charge is 0.330 e. The summed E-state index contributed by atoms with van der Waals surface area (Å²) < 4.78 is 1.07. The number of nitrogens with zero attached hydrogens (tertiary/aromatic N) is 3. The van der Waals surface area contributed by atoms with Gasteiger partial charge in [-0.15, -0.1) is 0 Å². The van der Waals surface area contributed by atoms with Crippen LogP contribution in [0, 0.1) is 12.0 Å². The van der Waals surface area contributed by atoms with E-state index in [4.69, 9.17) is 0 Å². The van der Waals surface area contributed by atoms with Crippen LogP contribution in [0.2, 0.25) is 0 Å². The number of anilines is 1. The molecule has 1 fully saturated rings. The number of aromatic nitrogens is 1. The van der Waals surface area contributed by atoms with E-state index in [-0.39, 0.29) is 5.91 Å². The molecule has 5 nitrogen and oxygen atoms in total. The smallest absolute Gasteiger partial charge is 0.257 e. The third-order valence-electron chi connectivity index (χ3n) is 4.78. The lowest BCUT2D eigenvalue weighted by atomic mass is 10.1. The maximum Gasteiger partial charge on any atom is 0.257 e. The van der Waals surface area contributed by atoms with Gasteiger partial charge in [0.15, 0.2) is 5.13 Å². The molecule has 0 radical (unpaired) electrons. The molecule has 1 amide bonds. The zero-order valence-corrected chi connectivity index (χ0v) is 16.6. The van der Waals surface area contributed by atoms with E-state index in [1.807, 2.05) is 55.5 Å². The van der Waals surface area contributed by atoms with Crippen LogP contribution in [0.1, 0.15) is 22.8 Å². The topological polar surface area (TPSA) is 48.5 Å². The Morgan fingerprint density at radius 2 is 1.86 bits per heavy atom. The van der Waals surface area contributed by atoms with Gasteiger partial charge < -0.3 is 4.90 Å². The average Bonchev–Trinajstić information content (AvgIpc) is 3.12. The first-order chi connectivity index (χ1) is 13.7. The predicted molar refractivity (Wildman–Crippen MR) is 114 cm³/mol. The number of hydrogen-bond donors (Lipinski definition) is 1. The van der Waals surface area contributed by atoms with Gasteiger partial charge in [-0.1, -0.05) is 41.5 Å². The predicted octanol–water partition coefficient (Wildman–Crippen LogP) is 3.65. The van der Waals surface area contributed by atoms with Gasteiger partial charge in [0.1, 0.15) is 0 Å². The van der Waals surface area contributed by atoms with Gasteiger partial charge in [-0.05, 0) is 36.8 Å². The maximum absolute atomic E-state index is 12.5. The number of piperazine rings is 1. The highest BCUT2D eigenvalue weighted by Gasteiger charge is 2.15. The summed E-state index contributed by atoms with van der Waals surface area (Å²) in [6, 6.07) is 18.8. The van der Waals surface area contributed by atoms with E-state index >= 15 is 0 Å².